The Balaban J connectivity index is 1.51. The molecule has 3 heterocycles. The maximum atomic E-state index is 14.0. The van der Waals surface area contributed by atoms with Gasteiger partial charge < -0.3 is 15.7 Å². The van der Waals surface area contributed by atoms with Crippen molar-refractivity contribution in [3.05, 3.63) is 0 Å². The number of hydrogen-bond donors (Lipinski definition) is 3. The molecule has 25 heavy (non-hydrogen) atoms. The Morgan fingerprint density at radius 1 is 1.12 bits per heavy atom. The minimum Gasteiger partial charge on any atom is -0.392 e. The average molecular weight is 354 g/mol. The van der Waals surface area contributed by atoms with Gasteiger partial charge in [0.1, 0.15) is 6.17 Å². The van der Waals surface area contributed by atoms with E-state index in [4.69, 9.17) is 0 Å². The van der Waals surface area contributed by atoms with Crippen molar-refractivity contribution < 1.29 is 9.50 Å². The molecule has 4 rings (SSSR count). The molecule has 4 aliphatic rings. The van der Waals surface area contributed by atoms with Gasteiger partial charge in [-0.15, -0.1) is 0 Å². The molecular formula is C20H36FN3O. The van der Waals surface area contributed by atoms with Crippen LogP contribution in [0.5, 0.6) is 0 Å². The van der Waals surface area contributed by atoms with Gasteiger partial charge in [-0.25, -0.2) is 4.39 Å². The van der Waals surface area contributed by atoms with Crippen molar-refractivity contribution in [2.24, 2.45) is 17.8 Å². The van der Waals surface area contributed by atoms with Crippen LogP contribution in [0.1, 0.15) is 58.8 Å². The first-order chi connectivity index (χ1) is 12.1. The van der Waals surface area contributed by atoms with E-state index in [9.17, 15) is 9.50 Å². The molecule has 3 saturated heterocycles. The lowest BCUT2D eigenvalue weighted by molar-refractivity contribution is 0.0166. The van der Waals surface area contributed by atoms with Crippen molar-refractivity contribution in [3.63, 3.8) is 0 Å². The third-order valence-corrected chi connectivity index (χ3v) is 7.64. The molecule has 1 saturated carbocycles. The van der Waals surface area contributed by atoms with Crippen molar-refractivity contribution in [2.45, 2.75) is 95.4 Å². The first-order valence-corrected chi connectivity index (χ1v) is 10.6. The predicted octanol–water partition coefficient (Wildman–Crippen LogP) is 2.27. The standard InChI is InChI=1S/C20H36FN3O/c1-12-10-14(5-6-16(12)21)20-15(4-3-9-22-20)17-7-8-19-23-11-18(13(2)25)24(17)19/h12-20,22-23,25H,3-11H2,1-2H3. The van der Waals surface area contributed by atoms with Crippen molar-refractivity contribution in [2.75, 3.05) is 13.1 Å². The summed E-state index contributed by atoms with van der Waals surface area (Å²) < 4.78 is 14.0. The highest BCUT2D eigenvalue weighted by atomic mass is 19.1. The fourth-order valence-electron chi connectivity index (χ4n) is 6.37. The van der Waals surface area contributed by atoms with Crippen LogP contribution in [-0.2, 0) is 0 Å². The van der Waals surface area contributed by atoms with E-state index in [0.29, 0.717) is 30.1 Å². The molecule has 5 heteroatoms. The van der Waals surface area contributed by atoms with Crippen LogP contribution in [0.2, 0.25) is 0 Å². The second-order valence-electron chi connectivity index (χ2n) is 9.18. The van der Waals surface area contributed by atoms with Gasteiger partial charge >= 0.3 is 0 Å². The second-order valence-corrected chi connectivity index (χ2v) is 9.18. The van der Waals surface area contributed by atoms with Crippen molar-refractivity contribution in [1.82, 2.24) is 15.5 Å². The molecule has 9 unspecified atom stereocenters. The largest absolute Gasteiger partial charge is 0.392 e. The fourth-order valence-corrected chi connectivity index (χ4v) is 6.37. The van der Waals surface area contributed by atoms with Gasteiger partial charge in [0, 0.05) is 24.7 Å². The van der Waals surface area contributed by atoms with E-state index in [-0.39, 0.29) is 18.1 Å². The molecule has 144 valence electrons. The lowest BCUT2D eigenvalue weighted by Crippen LogP contribution is -2.57. The lowest BCUT2D eigenvalue weighted by atomic mass is 9.70. The van der Waals surface area contributed by atoms with Crippen molar-refractivity contribution in [1.29, 1.82) is 0 Å². The molecule has 0 spiro atoms. The lowest BCUT2D eigenvalue weighted by Gasteiger charge is -2.46. The number of alkyl halides is 1. The van der Waals surface area contributed by atoms with Crippen LogP contribution in [0.3, 0.4) is 0 Å². The summed E-state index contributed by atoms with van der Waals surface area (Å²) in [5.41, 5.74) is 0. The van der Waals surface area contributed by atoms with E-state index >= 15 is 0 Å². The number of hydrogen-bond acceptors (Lipinski definition) is 4. The molecule has 9 atom stereocenters. The third kappa shape index (κ3) is 3.38. The second kappa shape index (κ2) is 7.41. The highest BCUT2D eigenvalue weighted by Gasteiger charge is 2.50. The number of fused-ring (bicyclic) bond motifs is 1. The third-order valence-electron chi connectivity index (χ3n) is 7.64. The van der Waals surface area contributed by atoms with Crippen molar-refractivity contribution in [3.8, 4) is 0 Å². The summed E-state index contributed by atoms with van der Waals surface area (Å²) in [5.74, 6) is 1.47. The fraction of sp³-hybridized carbons (Fsp3) is 1.00. The molecule has 0 amide bonds. The minimum absolute atomic E-state index is 0.207. The van der Waals surface area contributed by atoms with E-state index in [1.54, 1.807) is 0 Å². The van der Waals surface area contributed by atoms with E-state index < -0.39 is 6.17 Å². The van der Waals surface area contributed by atoms with Gasteiger partial charge in [0.2, 0.25) is 0 Å². The van der Waals surface area contributed by atoms with Gasteiger partial charge in [-0.1, -0.05) is 6.92 Å². The zero-order valence-corrected chi connectivity index (χ0v) is 15.8. The molecule has 1 aliphatic carbocycles. The van der Waals surface area contributed by atoms with Crippen molar-refractivity contribution >= 4 is 0 Å². The monoisotopic (exact) mass is 353 g/mol. The summed E-state index contributed by atoms with van der Waals surface area (Å²) >= 11 is 0. The van der Waals surface area contributed by atoms with Gasteiger partial charge in [-0.2, -0.15) is 0 Å². The highest BCUT2D eigenvalue weighted by molar-refractivity contribution is 5.05. The molecule has 0 aromatic heterocycles. The first-order valence-electron chi connectivity index (χ1n) is 10.6. The number of halogens is 1. The molecule has 0 bridgehead atoms. The van der Waals surface area contributed by atoms with Crippen LogP contribution in [0.25, 0.3) is 0 Å². The van der Waals surface area contributed by atoms with Crippen LogP contribution in [0.15, 0.2) is 0 Å². The highest BCUT2D eigenvalue weighted by Crippen LogP contribution is 2.43. The summed E-state index contributed by atoms with van der Waals surface area (Å²) in [5, 5.41) is 17.7. The minimum atomic E-state index is -0.600. The Morgan fingerprint density at radius 2 is 1.96 bits per heavy atom. The predicted molar refractivity (Wildman–Crippen MR) is 98.0 cm³/mol. The maximum Gasteiger partial charge on any atom is 0.103 e. The Hall–Kier alpha value is -0.230. The zero-order chi connectivity index (χ0) is 17.6. The van der Waals surface area contributed by atoms with E-state index in [1.165, 1.54) is 25.7 Å². The molecule has 3 aliphatic heterocycles. The Labute approximate surface area is 151 Å². The normalized spacial score (nSPS) is 49.9. The first kappa shape index (κ1) is 18.1. The van der Waals surface area contributed by atoms with Gasteiger partial charge in [-0.3, -0.25) is 4.90 Å². The van der Waals surface area contributed by atoms with Crippen LogP contribution in [-0.4, -0.2) is 59.7 Å². The number of nitrogens with zero attached hydrogens (tertiary/aromatic N) is 1. The molecule has 0 radical (unpaired) electrons. The van der Waals surface area contributed by atoms with Crippen LogP contribution < -0.4 is 10.6 Å². The van der Waals surface area contributed by atoms with E-state index in [2.05, 4.69) is 22.5 Å². The van der Waals surface area contributed by atoms with Crippen LogP contribution in [0, 0.1) is 17.8 Å². The molecule has 4 nitrogen and oxygen atoms in total. The zero-order valence-electron chi connectivity index (χ0n) is 15.8. The number of nitrogens with one attached hydrogen (secondary N) is 2. The topological polar surface area (TPSA) is 47.5 Å². The summed E-state index contributed by atoms with van der Waals surface area (Å²) in [7, 11) is 0. The summed E-state index contributed by atoms with van der Waals surface area (Å²) in [4.78, 5) is 2.61. The maximum absolute atomic E-state index is 14.0. The molecule has 0 aromatic carbocycles. The molecule has 4 fully saturated rings. The Kier molecular flexibility index (Phi) is 5.38. The van der Waals surface area contributed by atoms with Crippen LogP contribution in [0.4, 0.5) is 4.39 Å². The number of aliphatic hydroxyl groups is 1. The quantitative estimate of drug-likeness (QED) is 0.728. The van der Waals surface area contributed by atoms with Gasteiger partial charge in [0.15, 0.2) is 0 Å². The molecular weight excluding hydrogens is 317 g/mol. The number of piperidine rings is 1. The SMILES string of the molecule is CC(O)C1CNC2CCC(C3CCCNC3C3CCC(F)C(C)C3)N21. The molecule has 0 aromatic rings. The average Bonchev–Trinajstić information content (AvgIpc) is 3.19. The number of rotatable bonds is 3. The summed E-state index contributed by atoms with van der Waals surface area (Å²) in [6.45, 7) is 6.05. The Bertz CT molecular complexity index is 462. The van der Waals surface area contributed by atoms with E-state index in [1.807, 2.05) is 6.92 Å². The Morgan fingerprint density at radius 3 is 2.72 bits per heavy atom. The van der Waals surface area contributed by atoms with Crippen LogP contribution >= 0.6 is 0 Å². The van der Waals surface area contributed by atoms with Gasteiger partial charge in [0.05, 0.1) is 12.3 Å². The smallest absolute Gasteiger partial charge is 0.103 e. The molecule has 3 N–H and O–H groups in total. The van der Waals surface area contributed by atoms with E-state index in [0.717, 1.165) is 32.4 Å². The summed E-state index contributed by atoms with van der Waals surface area (Å²) in [6, 6.07) is 1.35. The van der Waals surface area contributed by atoms with Gasteiger partial charge in [-0.05, 0) is 76.2 Å². The number of aliphatic hydroxyl groups excluding tert-OH is 1. The summed E-state index contributed by atoms with van der Waals surface area (Å²) in [6.07, 6.45) is 7.34. The van der Waals surface area contributed by atoms with Gasteiger partial charge in [0.25, 0.3) is 0 Å².